The molecular weight excluding hydrogens is 192 g/mol. The number of carboxylic acid groups (broad SMARTS) is 1. The first-order valence-electron chi connectivity index (χ1n) is 5.07. The van der Waals surface area contributed by atoms with Crippen LogP contribution in [-0.4, -0.2) is 34.6 Å². The Labute approximate surface area is 88.6 Å². The Bertz CT molecular complexity index is 379. The summed E-state index contributed by atoms with van der Waals surface area (Å²) in [5.41, 5.74) is 1.28. The summed E-state index contributed by atoms with van der Waals surface area (Å²) in [6, 6.07) is 2.05. The molecule has 1 saturated heterocycles. The van der Waals surface area contributed by atoms with Crippen molar-refractivity contribution in [3.05, 3.63) is 29.6 Å². The van der Waals surface area contributed by atoms with E-state index in [0.717, 1.165) is 18.5 Å². The van der Waals surface area contributed by atoms with Gasteiger partial charge in [0.1, 0.15) is 0 Å². The fourth-order valence-electron chi connectivity index (χ4n) is 2.09. The van der Waals surface area contributed by atoms with Crippen molar-refractivity contribution in [1.82, 2.24) is 9.88 Å². The number of carboxylic acids is 1. The van der Waals surface area contributed by atoms with E-state index in [2.05, 4.69) is 16.9 Å². The van der Waals surface area contributed by atoms with Crippen molar-refractivity contribution in [2.75, 3.05) is 13.6 Å². The number of carbonyl (C=O) groups is 1. The van der Waals surface area contributed by atoms with E-state index in [0.29, 0.717) is 6.04 Å². The summed E-state index contributed by atoms with van der Waals surface area (Å²) >= 11 is 0. The first-order chi connectivity index (χ1) is 7.18. The smallest absolute Gasteiger partial charge is 0.337 e. The molecule has 0 spiro atoms. The highest BCUT2D eigenvalue weighted by Gasteiger charge is 2.23. The molecule has 4 heteroatoms. The van der Waals surface area contributed by atoms with Crippen LogP contribution in [0.2, 0.25) is 0 Å². The minimum absolute atomic E-state index is 0.271. The molecule has 0 saturated carbocycles. The van der Waals surface area contributed by atoms with Crippen molar-refractivity contribution >= 4 is 5.97 Å². The van der Waals surface area contributed by atoms with Gasteiger partial charge in [0, 0.05) is 18.4 Å². The van der Waals surface area contributed by atoms with Crippen LogP contribution in [0, 0.1) is 0 Å². The highest BCUT2D eigenvalue weighted by Crippen LogP contribution is 2.29. The molecule has 2 rings (SSSR count). The van der Waals surface area contributed by atoms with E-state index in [4.69, 9.17) is 5.11 Å². The van der Waals surface area contributed by atoms with Gasteiger partial charge in [-0.25, -0.2) is 4.79 Å². The van der Waals surface area contributed by atoms with Gasteiger partial charge >= 0.3 is 5.97 Å². The average Bonchev–Trinajstić information content (AvgIpc) is 2.64. The molecule has 2 heterocycles. The Hall–Kier alpha value is -1.42. The molecule has 0 unspecified atom stereocenters. The standard InChI is InChI=1S/C11H14N2O2/c1-13-4-2-3-10(13)8-5-9(11(14)15)7-12-6-8/h5-7,10H,2-4H2,1H3,(H,14,15)/t10-/m0/s1. The van der Waals surface area contributed by atoms with Crippen molar-refractivity contribution in [2.45, 2.75) is 18.9 Å². The summed E-state index contributed by atoms with van der Waals surface area (Å²) in [5, 5.41) is 8.86. The number of aromatic nitrogens is 1. The zero-order chi connectivity index (χ0) is 10.8. The van der Waals surface area contributed by atoms with Crippen molar-refractivity contribution < 1.29 is 9.90 Å². The van der Waals surface area contributed by atoms with Crippen LogP contribution < -0.4 is 0 Å². The fourth-order valence-corrected chi connectivity index (χ4v) is 2.09. The topological polar surface area (TPSA) is 53.4 Å². The highest BCUT2D eigenvalue weighted by molar-refractivity contribution is 5.87. The van der Waals surface area contributed by atoms with Gasteiger partial charge < -0.3 is 5.11 Å². The van der Waals surface area contributed by atoms with Crippen LogP contribution in [0.1, 0.15) is 34.8 Å². The fraction of sp³-hybridized carbons (Fsp3) is 0.455. The zero-order valence-electron chi connectivity index (χ0n) is 8.68. The summed E-state index contributed by atoms with van der Waals surface area (Å²) in [7, 11) is 2.06. The van der Waals surface area contributed by atoms with Gasteiger partial charge in [0.2, 0.25) is 0 Å². The maximum Gasteiger partial charge on any atom is 0.337 e. The van der Waals surface area contributed by atoms with E-state index in [1.54, 1.807) is 12.3 Å². The third kappa shape index (κ3) is 1.99. The minimum Gasteiger partial charge on any atom is -0.478 e. The average molecular weight is 206 g/mol. The van der Waals surface area contributed by atoms with Crippen LogP contribution in [0.4, 0.5) is 0 Å². The molecule has 1 fully saturated rings. The first kappa shape index (κ1) is 10.1. The second-order valence-corrected chi connectivity index (χ2v) is 3.95. The molecule has 15 heavy (non-hydrogen) atoms. The van der Waals surface area contributed by atoms with E-state index in [1.807, 2.05) is 0 Å². The van der Waals surface area contributed by atoms with Gasteiger partial charge in [-0.15, -0.1) is 0 Å². The van der Waals surface area contributed by atoms with E-state index >= 15 is 0 Å². The molecule has 0 aliphatic carbocycles. The lowest BCUT2D eigenvalue weighted by molar-refractivity contribution is 0.0696. The summed E-state index contributed by atoms with van der Waals surface area (Å²) in [4.78, 5) is 17.0. The van der Waals surface area contributed by atoms with Crippen LogP contribution in [-0.2, 0) is 0 Å². The lowest BCUT2D eigenvalue weighted by atomic mass is 10.1. The van der Waals surface area contributed by atoms with Crippen LogP contribution in [0.25, 0.3) is 0 Å². The summed E-state index contributed by atoms with van der Waals surface area (Å²) < 4.78 is 0. The molecule has 80 valence electrons. The second-order valence-electron chi connectivity index (χ2n) is 3.95. The molecule has 1 aliphatic rings. The number of hydrogen-bond donors (Lipinski definition) is 1. The summed E-state index contributed by atoms with van der Waals surface area (Å²) in [6.45, 7) is 1.07. The van der Waals surface area contributed by atoms with Crippen molar-refractivity contribution in [2.24, 2.45) is 0 Å². The van der Waals surface area contributed by atoms with Gasteiger partial charge in [0.05, 0.1) is 5.56 Å². The molecule has 0 amide bonds. The Morgan fingerprint density at radius 3 is 3.00 bits per heavy atom. The summed E-state index contributed by atoms with van der Waals surface area (Å²) in [6.07, 6.45) is 5.40. The van der Waals surface area contributed by atoms with Gasteiger partial charge in [0.25, 0.3) is 0 Å². The number of pyridine rings is 1. The number of rotatable bonds is 2. The van der Waals surface area contributed by atoms with E-state index in [1.165, 1.54) is 12.6 Å². The maximum absolute atomic E-state index is 10.8. The van der Waals surface area contributed by atoms with Crippen molar-refractivity contribution in [1.29, 1.82) is 0 Å². The number of aromatic carboxylic acids is 1. The molecule has 4 nitrogen and oxygen atoms in total. The van der Waals surface area contributed by atoms with Crippen LogP contribution in [0.15, 0.2) is 18.5 Å². The first-order valence-corrected chi connectivity index (χ1v) is 5.07. The van der Waals surface area contributed by atoms with Gasteiger partial charge in [0.15, 0.2) is 0 Å². The normalized spacial score (nSPS) is 21.8. The lowest BCUT2D eigenvalue weighted by Crippen LogP contribution is -2.18. The molecule has 1 aliphatic heterocycles. The van der Waals surface area contributed by atoms with Crippen molar-refractivity contribution in [3.63, 3.8) is 0 Å². The SMILES string of the molecule is CN1CCC[C@H]1c1cncc(C(=O)O)c1. The number of nitrogens with zero attached hydrogens (tertiary/aromatic N) is 2. The van der Waals surface area contributed by atoms with Crippen molar-refractivity contribution in [3.8, 4) is 0 Å². The zero-order valence-corrected chi connectivity index (χ0v) is 8.68. The maximum atomic E-state index is 10.8. The largest absolute Gasteiger partial charge is 0.478 e. The second kappa shape index (κ2) is 3.98. The van der Waals surface area contributed by atoms with Gasteiger partial charge in [-0.3, -0.25) is 9.88 Å². The molecule has 1 aromatic heterocycles. The Morgan fingerprint density at radius 2 is 2.40 bits per heavy atom. The third-order valence-electron chi connectivity index (χ3n) is 2.91. The predicted octanol–water partition coefficient (Wildman–Crippen LogP) is 1.55. The van der Waals surface area contributed by atoms with E-state index < -0.39 is 5.97 Å². The summed E-state index contributed by atoms with van der Waals surface area (Å²) in [5.74, 6) is -0.912. The van der Waals surface area contributed by atoms with Gasteiger partial charge in [-0.2, -0.15) is 0 Å². The van der Waals surface area contributed by atoms with E-state index in [-0.39, 0.29) is 5.56 Å². The van der Waals surface area contributed by atoms with Crippen LogP contribution >= 0.6 is 0 Å². The number of likely N-dealkylation sites (tertiary alicyclic amines) is 1. The Kier molecular flexibility index (Phi) is 2.68. The third-order valence-corrected chi connectivity index (χ3v) is 2.91. The molecule has 1 atom stereocenters. The molecule has 1 N–H and O–H groups in total. The van der Waals surface area contributed by atoms with E-state index in [9.17, 15) is 4.79 Å². The van der Waals surface area contributed by atoms with Crippen LogP contribution in [0.5, 0.6) is 0 Å². The quantitative estimate of drug-likeness (QED) is 0.797. The Balaban J connectivity index is 2.28. The molecular formula is C11H14N2O2. The predicted molar refractivity (Wildman–Crippen MR) is 55.8 cm³/mol. The monoisotopic (exact) mass is 206 g/mol. The highest BCUT2D eigenvalue weighted by atomic mass is 16.4. The van der Waals surface area contributed by atoms with Crippen LogP contribution in [0.3, 0.4) is 0 Å². The molecule has 0 aromatic carbocycles. The number of hydrogen-bond acceptors (Lipinski definition) is 3. The Morgan fingerprint density at radius 1 is 1.60 bits per heavy atom. The minimum atomic E-state index is -0.912. The van der Waals surface area contributed by atoms with Gasteiger partial charge in [-0.1, -0.05) is 0 Å². The molecule has 0 radical (unpaired) electrons. The molecule has 1 aromatic rings. The lowest BCUT2D eigenvalue weighted by Gasteiger charge is -2.19. The molecule has 0 bridgehead atoms. The van der Waals surface area contributed by atoms with Gasteiger partial charge in [-0.05, 0) is 38.1 Å².